The van der Waals surface area contributed by atoms with E-state index in [1.807, 2.05) is 6.07 Å². The molecule has 0 radical (unpaired) electrons. The zero-order chi connectivity index (χ0) is 14.9. The molecule has 1 heterocycles. The van der Waals surface area contributed by atoms with Crippen molar-refractivity contribution < 1.29 is 4.79 Å². The van der Waals surface area contributed by atoms with Gasteiger partial charge in [0.25, 0.3) is 0 Å². The molecule has 21 heavy (non-hydrogen) atoms. The minimum atomic E-state index is 0.296. The highest BCUT2D eigenvalue weighted by Crippen LogP contribution is 2.30. The molecule has 2 heteroatoms. The molecular formula is C19H27NO. The lowest BCUT2D eigenvalue weighted by Crippen LogP contribution is -2.31. The second-order valence-corrected chi connectivity index (χ2v) is 7.55. The van der Waals surface area contributed by atoms with Gasteiger partial charge in [0.05, 0.1) is 6.54 Å². The van der Waals surface area contributed by atoms with Gasteiger partial charge in [-0.2, -0.15) is 0 Å². The van der Waals surface area contributed by atoms with Crippen LogP contribution in [0.5, 0.6) is 0 Å². The fraction of sp³-hybridized carbons (Fsp3) is 0.632. The van der Waals surface area contributed by atoms with Crippen LogP contribution < -0.4 is 0 Å². The van der Waals surface area contributed by atoms with Crippen molar-refractivity contribution in [2.75, 3.05) is 19.6 Å². The summed E-state index contributed by atoms with van der Waals surface area (Å²) in [4.78, 5) is 14.9. The largest absolute Gasteiger partial charge is 0.296 e. The van der Waals surface area contributed by atoms with Gasteiger partial charge in [0, 0.05) is 5.56 Å². The molecule has 0 bridgehead atoms. The summed E-state index contributed by atoms with van der Waals surface area (Å²) in [5.41, 5.74) is 4.20. The van der Waals surface area contributed by atoms with E-state index >= 15 is 0 Å². The van der Waals surface area contributed by atoms with Gasteiger partial charge >= 0.3 is 0 Å². The maximum atomic E-state index is 12.5. The number of ketones is 1. The molecule has 1 aliphatic heterocycles. The predicted molar refractivity (Wildman–Crippen MR) is 86.9 cm³/mol. The van der Waals surface area contributed by atoms with Gasteiger partial charge in [0.15, 0.2) is 5.78 Å². The first-order valence-corrected chi connectivity index (χ1v) is 8.41. The maximum absolute atomic E-state index is 12.5. The minimum Gasteiger partial charge on any atom is -0.296 e. The summed E-state index contributed by atoms with van der Waals surface area (Å²) in [6, 6.07) is 6.35. The molecule has 1 aliphatic carbocycles. The third-order valence-corrected chi connectivity index (χ3v) is 5.22. The van der Waals surface area contributed by atoms with Crippen molar-refractivity contribution in [1.29, 1.82) is 0 Å². The van der Waals surface area contributed by atoms with Crippen LogP contribution in [0.3, 0.4) is 0 Å². The van der Waals surface area contributed by atoms with Crippen molar-refractivity contribution in [3.05, 3.63) is 34.9 Å². The normalized spacial score (nSPS) is 21.8. The smallest absolute Gasteiger partial charge is 0.176 e. The Morgan fingerprint density at radius 1 is 1.10 bits per heavy atom. The lowest BCUT2D eigenvalue weighted by molar-refractivity contribution is 0.0930. The topological polar surface area (TPSA) is 20.3 Å². The lowest BCUT2D eigenvalue weighted by atomic mass is 9.85. The van der Waals surface area contributed by atoms with Gasteiger partial charge in [0.1, 0.15) is 0 Å². The van der Waals surface area contributed by atoms with Crippen LogP contribution in [0, 0.1) is 5.41 Å². The standard InChI is InChI=1S/C19H27NO/c1-19(2)9-4-11-20(12-10-19)14-18(21)17-8-7-15-5-3-6-16(15)13-17/h7-8,13H,3-6,9-12,14H2,1-2H3. The zero-order valence-electron chi connectivity index (χ0n) is 13.5. The summed E-state index contributed by atoms with van der Waals surface area (Å²) in [6.45, 7) is 7.41. The Morgan fingerprint density at radius 3 is 2.76 bits per heavy atom. The van der Waals surface area contributed by atoms with Gasteiger partial charge in [-0.05, 0) is 74.2 Å². The Kier molecular flexibility index (Phi) is 4.17. The second-order valence-electron chi connectivity index (χ2n) is 7.55. The Hall–Kier alpha value is -1.15. The van der Waals surface area contributed by atoms with Crippen LogP contribution in [0.1, 0.15) is 61.0 Å². The van der Waals surface area contributed by atoms with Crippen molar-refractivity contribution in [1.82, 2.24) is 4.90 Å². The number of carbonyl (C=O) groups excluding carboxylic acids is 1. The van der Waals surface area contributed by atoms with Crippen molar-refractivity contribution in [3.8, 4) is 0 Å². The highest BCUT2D eigenvalue weighted by molar-refractivity contribution is 5.97. The van der Waals surface area contributed by atoms with Gasteiger partial charge < -0.3 is 0 Å². The number of likely N-dealkylation sites (tertiary alicyclic amines) is 1. The number of aryl methyl sites for hydroxylation is 2. The molecule has 2 aliphatic rings. The van der Waals surface area contributed by atoms with Crippen molar-refractivity contribution >= 4 is 5.78 Å². The van der Waals surface area contributed by atoms with Gasteiger partial charge in [-0.15, -0.1) is 0 Å². The SMILES string of the molecule is CC1(C)CCCN(CC(=O)c2ccc3c(c2)CCC3)CC1. The van der Waals surface area contributed by atoms with E-state index in [1.165, 1.54) is 43.2 Å². The quantitative estimate of drug-likeness (QED) is 0.786. The number of rotatable bonds is 3. The van der Waals surface area contributed by atoms with E-state index in [4.69, 9.17) is 0 Å². The summed E-state index contributed by atoms with van der Waals surface area (Å²) >= 11 is 0. The third-order valence-electron chi connectivity index (χ3n) is 5.22. The van der Waals surface area contributed by atoms with E-state index < -0.39 is 0 Å². The zero-order valence-corrected chi connectivity index (χ0v) is 13.5. The van der Waals surface area contributed by atoms with Crippen LogP contribution in [0.2, 0.25) is 0 Å². The number of hydrogen-bond donors (Lipinski definition) is 0. The highest BCUT2D eigenvalue weighted by atomic mass is 16.1. The number of nitrogens with zero attached hydrogens (tertiary/aromatic N) is 1. The van der Waals surface area contributed by atoms with Crippen molar-refractivity contribution in [2.24, 2.45) is 5.41 Å². The van der Waals surface area contributed by atoms with E-state index in [2.05, 4.69) is 30.9 Å². The molecular weight excluding hydrogens is 258 g/mol. The van der Waals surface area contributed by atoms with E-state index in [1.54, 1.807) is 0 Å². The molecule has 1 saturated heterocycles. The number of fused-ring (bicyclic) bond motifs is 1. The molecule has 1 aromatic carbocycles. The molecule has 0 N–H and O–H groups in total. The lowest BCUT2D eigenvalue weighted by Gasteiger charge is -2.23. The molecule has 0 atom stereocenters. The Labute approximate surface area is 128 Å². The highest BCUT2D eigenvalue weighted by Gasteiger charge is 2.24. The summed E-state index contributed by atoms with van der Waals surface area (Å²) in [7, 11) is 0. The number of Topliss-reactive ketones (excluding diaryl/α,β-unsaturated/α-hetero) is 1. The molecule has 0 saturated carbocycles. The van der Waals surface area contributed by atoms with Crippen LogP contribution in [0.4, 0.5) is 0 Å². The predicted octanol–water partition coefficient (Wildman–Crippen LogP) is 3.87. The first kappa shape index (κ1) is 14.8. The van der Waals surface area contributed by atoms with E-state index in [0.717, 1.165) is 25.1 Å². The summed E-state index contributed by atoms with van der Waals surface area (Å²) in [6.07, 6.45) is 7.26. The first-order valence-electron chi connectivity index (χ1n) is 8.41. The average Bonchev–Trinajstić information content (AvgIpc) is 2.84. The summed E-state index contributed by atoms with van der Waals surface area (Å²) in [5.74, 6) is 0.296. The molecule has 2 nitrogen and oxygen atoms in total. The molecule has 3 rings (SSSR count). The minimum absolute atomic E-state index is 0.296. The molecule has 0 aromatic heterocycles. The molecule has 0 amide bonds. The van der Waals surface area contributed by atoms with Gasteiger partial charge in [0.2, 0.25) is 0 Å². The van der Waals surface area contributed by atoms with E-state index in [-0.39, 0.29) is 0 Å². The van der Waals surface area contributed by atoms with E-state index in [9.17, 15) is 4.79 Å². The molecule has 114 valence electrons. The third kappa shape index (κ3) is 3.55. The molecule has 0 spiro atoms. The van der Waals surface area contributed by atoms with E-state index in [0.29, 0.717) is 17.7 Å². The fourth-order valence-corrected chi connectivity index (χ4v) is 3.68. The average molecular weight is 285 g/mol. The van der Waals surface area contributed by atoms with Gasteiger partial charge in [-0.3, -0.25) is 9.69 Å². The molecule has 1 aromatic rings. The van der Waals surface area contributed by atoms with Crippen LogP contribution in [0.15, 0.2) is 18.2 Å². The second kappa shape index (κ2) is 5.92. The summed E-state index contributed by atoms with van der Waals surface area (Å²) < 4.78 is 0. The Balaban J connectivity index is 1.63. The monoisotopic (exact) mass is 285 g/mol. The van der Waals surface area contributed by atoms with Gasteiger partial charge in [-0.1, -0.05) is 26.0 Å². The number of benzene rings is 1. The van der Waals surface area contributed by atoms with Crippen LogP contribution >= 0.6 is 0 Å². The first-order chi connectivity index (χ1) is 10.0. The van der Waals surface area contributed by atoms with Crippen molar-refractivity contribution in [2.45, 2.75) is 52.4 Å². The van der Waals surface area contributed by atoms with Crippen LogP contribution in [-0.2, 0) is 12.8 Å². The van der Waals surface area contributed by atoms with Crippen LogP contribution in [0.25, 0.3) is 0 Å². The number of hydrogen-bond acceptors (Lipinski definition) is 2. The van der Waals surface area contributed by atoms with Crippen LogP contribution in [-0.4, -0.2) is 30.3 Å². The number of carbonyl (C=O) groups is 1. The Bertz CT molecular complexity index is 532. The van der Waals surface area contributed by atoms with Crippen molar-refractivity contribution in [3.63, 3.8) is 0 Å². The summed E-state index contributed by atoms with van der Waals surface area (Å²) in [5, 5.41) is 0. The molecule has 0 unspecified atom stereocenters. The molecule has 1 fully saturated rings. The maximum Gasteiger partial charge on any atom is 0.176 e. The fourth-order valence-electron chi connectivity index (χ4n) is 3.68. The Morgan fingerprint density at radius 2 is 1.90 bits per heavy atom. The van der Waals surface area contributed by atoms with Gasteiger partial charge in [-0.25, -0.2) is 0 Å².